The summed E-state index contributed by atoms with van der Waals surface area (Å²) in [6, 6.07) is 1.90. The second kappa shape index (κ2) is 7.20. The second-order valence-corrected chi connectivity index (χ2v) is 6.57. The first-order valence-electron chi connectivity index (χ1n) is 8.01. The Hall–Kier alpha value is -2.81. The monoisotopic (exact) mass is 373 g/mol. The molecule has 0 radical (unpaired) electrons. The summed E-state index contributed by atoms with van der Waals surface area (Å²) in [6.07, 6.45) is 2.04. The van der Waals surface area contributed by atoms with Gasteiger partial charge in [0, 0.05) is 11.4 Å². The highest BCUT2D eigenvalue weighted by Crippen LogP contribution is 2.31. The van der Waals surface area contributed by atoms with Gasteiger partial charge < -0.3 is 9.47 Å². The summed E-state index contributed by atoms with van der Waals surface area (Å²) < 4.78 is 11.6. The van der Waals surface area contributed by atoms with Gasteiger partial charge in [-0.2, -0.15) is 4.98 Å². The molecule has 0 bridgehead atoms. The van der Waals surface area contributed by atoms with Gasteiger partial charge in [0.05, 0.1) is 31.1 Å². The summed E-state index contributed by atoms with van der Waals surface area (Å²) in [4.78, 5) is 26.9. The zero-order valence-electron chi connectivity index (χ0n) is 15.2. The predicted octanol–water partition coefficient (Wildman–Crippen LogP) is 2.59. The van der Waals surface area contributed by atoms with Crippen molar-refractivity contribution in [3.8, 4) is 11.6 Å². The molecule has 0 unspecified atom stereocenters. The molecule has 3 aromatic heterocycles. The number of carbonyl (C=O) groups excluding carboxylic acids is 1. The Balaban J connectivity index is 2.14. The number of fused-ring (bicyclic) bond motifs is 1. The van der Waals surface area contributed by atoms with Gasteiger partial charge in [0.15, 0.2) is 5.82 Å². The van der Waals surface area contributed by atoms with E-state index in [1.165, 1.54) is 31.8 Å². The fourth-order valence-corrected chi connectivity index (χ4v) is 3.79. The second-order valence-electron chi connectivity index (χ2n) is 5.59. The summed E-state index contributed by atoms with van der Waals surface area (Å²) in [5.74, 6) is 0.478. The third kappa shape index (κ3) is 3.17. The lowest BCUT2D eigenvalue weighted by atomic mass is 10.2. The molecule has 136 valence electrons. The van der Waals surface area contributed by atoms with E-state index in [1.807, 2.05) is 26.8 Å². The van der Waals surface area contributed by atoms with Crippen LogP contribution in [0.3, 0.4) is 0 Å². The SMILES string of the molecule is CCc1c(C(=COC)C(=O)OC)sc2nc(-c3nc(C)cc(C)n3)nn12. The maximum atomic E-state index is 12.1. The fraction of sp³-hybridized carbons (Fsp3) is 0.353. The van der Waals surface area contributed by atoms with Crippen LogP contribution in [0.25, 0.3) is 22.2 Å². The number of thiazole rings is 1. The minimum atomic E-state index is -0.469. The summed E-state index contributed by atoms with van der Waals surface area (Å²) in [7, 11) is 2.82. The number of rotatable bonds is 5. The third-order valence-electron chi connectivity index (χ3n) is 3.69. The van der Waals surface area contributed by atoms with Crippen molar-refractivity contribution in [3.63, 3.8) is 0 Å². The van der Waals surface area contributed by atoms with E-state index in [9.17, 15) is 4.79 Å². The Morgan fingerprint density at radius 2 is 1.88 bits per heavy atom. The summed E-state index contributed by atoms with van der Waals surface area (Å²) >= 11 is 1.35. The molecule has 9 heteroatoms. The van der Waals surface area contributed by atoms with Crippen LogP contribution in [0, 0.1) is 13.8 Å². The first-order chi connectivity index (χ1) is 12.5. The maximum absolute atomic E-state index is 12.1. The predicted molar refractivity (Wildman–Crippen MR) is 97.7 cm³/mol. The lowest BCUT2D eigenvalue weighted by Gasteiger charge is -2.05. The van der Waals surface area contributed by atoms with Crippen molar-refractivity contribution in [2.24, 2.45) is 0 Å². The number of hydrogen-bond donors (Lipinski definition) is 0. The Labute approximate surface area is 154 Å². The van der Waals surface area contributed by atoms with Crippen LogP contribution < -0.4 is 0 Å². The maximum Gasteiger partial charge on any atom is 0.342 e. The number of hydrogen-bond acceptors (Lipinski definition) is 8. The van der Waals surface area contributed by atoms with Gasteiger partial charge in [-0.25, -0.2) is 19.3 Å². The smallest absolute Gasteiger partial charge is 0.342 e. The fourth-order valence-electron chi connectivity index (χ4n) is 2.65. The van der Waals surface area contributed by atoms with E-state index in [0.29, 0.717) is 28.6 Å². The quantitative estimate of drug-likeness (QED) is 0.386. The Bertz CT molecular complexity index is 985. The number of esters is 1. The van der Waals surface area contributed by atoms with Crippen molar-refractivity contribution in [1.29, 1.82) is 0 Å². The molecule has 0 aliphatic rings. The molecule has 0 atom stereocenters. The summed E-state index contributed by atoms with van der Waals surface area (Å²) in [6.45, 7) is 5.80. The standard InChI is InChI=1S/C17H19N5O3S/c1-6-12-13(11(8-24-4)16(23)25-5)26-17-20-15(21-22(12)17)14-18-9(2)7-10(3)19-14/h7-8H,6H2,1-5H3. The van der Waals surface area contributed by atoms with Crippen LogP contribution in [0.1, 0.15) is 28.9 Å². The zero-order chi connectivity index (χ0) is 18.8. The van der Waals surface area contributed by atoms with Crippen molar-refractivity contribution in [3.05, 3.63) is 34.3 Å². The lowest BCUT2D eigenvalue weighted by molar-refractivity contribution is -0.133. The van der Waals surface area contributed by atoms with Gasteiger partial charge >= 0.3 is 5.97 Å². The molecular weight excluding hydrogens is 354 g/mol. The van der Waals surface area contributed by atoms with Crippen molar-refractivity contribution in [2.75, 3.05) is 14.2 Å². The highest BCUT2D eigenvalue weighted by Gasteiger charge is 2.24. The van der Waals surface area contributed by atoms with E-state index in [1.54, 1.807) is 4.52 Å². The number of aryl methyl sites for hydroxylation is 3. The van der Waals surface area contributed by atoms with Crippen molar-refractivity contribution in [2.45, 2.75) is 27.2 Å². The average Bonchev–Trinajstić information content (AvgIpc) is 3.15. The first-order valence-corrected chi connectivity index (χ1v) is 8.82. The summed E-state index contributed by atoms with van der Waals surface area (Å²) in [5.41, 5.74) is 2.91. The number of ether oxygens (including phenoxy) is 2. The van der Waals surface area contributed by atoms with E-state index in [4.69, 9.17) is 9.47 Å². The number of aromatic nitrogens is 5. The molecule has 0 aliphatic carbocycles. The minimum Gasteiger partial charge on any atom is -0.503 e. The lowest BCUT2D eigenvalue weighted by Crippen LogP contribution is -2.06. The largest absolute Gasteiger partial charge is 0.503 e. The molecule has 3 heterocycles. The molecule has 0 aliphatic heterocycles. The van der Waals surface area contributed by atoms with Crippen molar-refractivity contribution >= 4 is 27.8 Å². The Kier molecular flexibility index (Phi) is 4.99. The van der Waals surface area contributed by atoms with E-state index in [-0.39, 0.29) is 0 Å². The van der Waals surface area contributed by atoms with Crippen LogP contribution in [0.15, 0.2) is 12.3 Å². The molecule has 0 spiro atoms. The van der Waals surface area contributed by atoms with Crippen LogP contribution >= 0.6 is 11.3 Å². The van der Waals surface area contributed by atoms with Crippen molar-refractivity contribution < 1.29 is 14.3 Å². The topological polar surface area (TPSA) is 91.5 Å². The molecule has 0 saturated carbocycles. The molecule has 3 rings (SSSR count). The Morgan fingerprint density at radius 1 is 1.19 bits per heavy atom. The highest BCUT2D eigenvalue weighted by atomic mass is 32.1. The van der Waals surface area contributed by atoms with E-state index >= 15 is 0 Å². The number of carbonyl (C=O) groups is 1. The molecule has 0 fully saturated rings. The molecule has 0 aromatic carbocycles. The van der Waals surface area contributed by atoms with Gasteiger partial charge in [-0.3, -0.25) is 0 Å². The summed E-state index contributed by atoms with van der Waals surface area (Å²) in [5, 5.41) is 4.56. The molecule has 3 aromatic rings. The van der Waals surface area contributed by atoms with Gasteiger partial charge in [0.2, 0.25) is 10.8 Å². The minimum absolute atomic E-state index is 0.341. The van der Waals surface area contributed by atoms with Gasteiger partial charge in [-0.05, 0) is 26.3 Å². The Morgan fingerprint density at radius 3 is 2.46 bits per heavy atom. The van der Waals surface area contributed by atoms with Crippen LogP contribution in [-0.4, -0.2) is 44.8 Å². The van der Waals surface area contributed by atoms with E-state index < -0.39 is 5.97 Å². The highest BCUT2D eigenvalue weighted by molar-refractivity contribution is 7.18. The van der Waals surface area contributed by atoms with Crippen LogP contribution in [0.2, 0.25) is 0 Å². The van der Waals surface area contributed by atoms with Gasteiger partial charge in [0.1, 0.15) is 5.57 Å². The van der Waals surface area contributed by atoms with Crippen LogP contribution in [0.4, 0.5) is 0 Å². The number of methoxy groups -OCH3 is 2. The van der Waals surface area contributed by atoms with E-state index in [2.05, 4.69) is 20.1 Å². The van der Waals surface area contributed by atoms with Crippen molar-refractivity contribution in [1.82, 2.24) is 24.6 Å². The zero-order valence-corrected chi connectivity index (χ0v) is 16.0. The van der Waals surface area contributed by atoms with Gasteiger partial charge in [0.25, 0.3) is 0 Å². The van der Waals surface area contributed by atoms with E-state index in [0.717, 1.165) is 22.0 Å². The molecule has 8 nitrogen and oxygen atoms in total. The molecule has 0 amide bonds. The van der Waals surface area contributed by atoms with Crippen LogP contribution in [0.5, 0.6) is 0 Å². The normalized spacial score (nSPS) is 11.8. The molecule has 26 heavy (non-hydrogen) atoms. The number of nitrogens with zero attached hydrogens (tertiary/aromatic N) is 5. The molecule has 0 N–H and O–H groups in total. The third-order valence-corrected chi connectivity index (χ3v) is 4.80. The molecule has 0 saturated heterocycles. The van der Waals surface area contributed by atoms with Gasteiger partial charge in [-0.1, -0.05) is 18.3 Å². The average molecular weight is 373 g/mol. The van der Waals surface area contributed by atoms with Gasteiger partial charge in [-0.15, -0.1) is 5.10 Å². The molecular formula is C17H19N5O3S. The first kappa shape index (κ1) is 18.0. The van der Waals surface area contributed by atoms with Crippen LogP contribution in [-0.2, 0) is 20.7 Å².